The lowest BCUT2D eigenvalue weighted by Gasteiger charge is -2.09. The number of nitrogens with one attached hydrogen (secondary N) is 2. The lowest BCUT2D eigenvalue weighted by atomic mass is 10.1. The average molecular weight is 350 g/mol. The summed E-state index contributed by atoms with van der Waals surface area (Å²) in [5, 5.41) is 7.57. The zero-order valence-electron chi connectivity index (χ0n) is 14.0. The van der Waals surface area contributed by atoms with Gasteiger partial charge in [-0.2, -0.15) is 0 Å². The third-order valence-corrected chi connectivity index (χ3v) is 4.48. The standard InChI is InChI=1S/C20H18N2O2S/c1-13-9-14(2)11-15(10-13)19(23)21-16-5-3-6-17(12-16)22-20(24)18-7-4-8-25-18/h3-12H,1-2H3,(H,21,23)(H,22,24). The van der Waals surface area contributed by atoms with Gasteiger partial charge in [0.15, 0.2) is 0 Å². The molecule has 126 valence electrons. The van der Waals surface area contributed by atoms with E-state index in [4.69, 9.17) is 0 Å². The van der Waals surface area contributed by atoms with E-state index in [1.807, 2.05) is 43.5 Å². The summed E-state index contributed by atoms with van der Waals surface area (Å²) in [6.45, 7) is 3.93. The van der Waals surface area contributed by atoms with Gasteiger partial charge in [0.2, 0.25) is 0 Å². The molecule has 0 aliphatic rings. The molecule has 0 saturated carbocycles. The highest BCUT2D eigenvalue weighted by atomic mass is 32.1. The zero-order chi connectivity index (χ0) is 17.8. The van der Waals surface area contributed by atoms with Crippen molar-refractivity contribution in [1.82, 2.24) is 0 Å². The summed E-state index contributed by atoms with van der Waals surface area (Å²) in [5.41, 5.74) is 3.97. The van der Waals surface area contributed by atoms with Crippen LogP contribution in [0.1, 0.15) is 31.2 Å². The second kappa shape index (κ2) is 7.32. The van der Waals surface area contributed by atoms with E-state index < -0.39 is 0 Å². The minimum absolute atomic E-state index is 0.159. The van der Waals surface area contributed by atoms with Crippen molar-refractivity contribution in [3.63, 3.8) is 0 Å². The van der Waals surface area contributed by atoms with Gasteiger partial charge in [-0.3, -0.25) is 9.59 Å². The number of hydrogen-bond donors (Lipinski definition) is 2. The van der Waals surface area contributed by atoms with Gasteiger partial charge < -0.3 is 10.6 Å². The molecule has 0 saturated heterocycles. The molecular formula is C20H18N2O2S. The predicted octanol–water partition coefficient (Wildman–Crippen LogP) is 4.87. The summed E-state index contributed by atoms with van der Waals surface area (Å²) in [6, 6.07) is 16.4. The second-order valence-corrected chi connectivity index (χ2v) is 6.79. The van der Waals surface area contributed by atoms with Crippen LogP contribution in [0.4, 0.5) is 11.4 Å². The summed E-state index contributed by atoms with van der Waals surface area (Å²) < 4.78 is 0. The minimum Gasteiger partial charge on any atom is -0.322 e. The van der Waals surface area contributed by atoms with Crippen molar-refractivity contribution in [2.75, 3.05) is 10.6 Å². The monoisotopic (exact) mass is 350 g/mol. The van der Waals surface area contributed by atoms with Crippen LogP contribution >= 0.6 is 11.3 Å². The highest BCUT2D eigenvalue weighted by Crippen LogP contribution is 2.19. The summed E-state index contributed by atoms with van der Waals surface area (Å²) in [4.78, 5) is 25.2. The topological polar surface area (TPSA) is 58.2 Å². The smallest absolute Gasteiger partial charge is 0.265 e. The Morgan fingerprint density at radius 2 is 1.44 bits per heavy atom. The van der Waals surface area contributed by atoms with Crippen LogP contribution in [0.15, 0.2) is 60.0 Å². The van der Waals surface area contributed by atoms with E-state index in [9.17, 15) is 9.59 Å². The molecule has 25 heavy (non-hydrogen) atoms. The largest absolute Gasteiger partial charge is 0.322 e. The molecular weight excluding hydrogens is 332 g/mol. The molecule has 3 aromatic rings. The highest BCUT2D eigenvalue weighted by molar-refractivity contribution is 7.12. The first-order chi connectivity index (χ1) is 12.0. The van der Waals surface area contributed by atoms with Crippen molar-refractivity contribution in [2.24, 2.45) is 0 Å². The summed E-state index contributed by atoms with van der Waals surface area (Å²) in [6.07, 6.45) is 0. The van der Waals surface area contributed by atoms with Gasteiger partial charge in [-0.05, 0) is 55.6 Å². The molecule has 2 N–H and O–H groups in total. The fraction of sp³-hybridized carbons (Fsp3) is 0.100. The molecule has 0 aliphatic heterocycles. The van der Waals surface area contributed by atoms with E-state index in [1.165, 1.54) is 11.3 Å². The number of rotatable bonds is 4. The normalized spacial score (nSPS) is 10.3. The zero-order valence-corrected chi connectivity index (χ0v) is 14.8. The number of amides is 2. The maximum atomic E-state index is 12.4. The Hall–Kier alpha value is -2.92. The molecule has 4 nitrogen and oxygen atoms in total. The number of anilines is 2. The third kappa shape index (κ3) is 4.33. The SMILES string of the molecule is Cc1cc(C)cc(C(=O)Nc2cccc(NC(=O)c3cccs3)c2)c1. The maximum Gasteiger partial charge on any atom is 0.265 e. The van der Waals surface area contributed by atoms with Crippen molar-refractivity contribution < 1.29 is 9.59 Å². The maximum absolute atomic E-state index is 12.4. The molecule has 0 aliphatic carbocycles. The van der Waals surface area contributed by atoms with Crippen molar-refractivity contribution in [3.8, 4) is 0 Å². The van der Waals surface area contributed by atoms with E-state index in [0.717, 1.165) is 11.1 Å². The predicted molar refractivity (Wildman–Crippen MR) is 103 cm³/mol. The summed E-state index contributed by atoms with van der Waals surface area (Å²) in [7, 11) is 0. The first-order valence-corrected chi connectivity index (χ1v) is 8.74. The van der Waals surface area contributed by atoms with Gasteiger partial charge >= 0.3 is 0 Å². The number of carbonyl (C=O) groups excluding carboxylic acids is 2. The van der Waals surface area contributed by atoms with Gasteiger partial charge in [0.25, 0.3) is 11.8 Å². The lowest BCUT2D eigenvalue weighted by Crippen LogP contribution is -2.13. The molecule has 2 aromatic carbocycles. The number of carbonyl (C=O) groups is 2. The minimum atomic E-state index is -0.173. The second-order valence-electron chi connectivity index (χ2n) is 5.84. The van der Waals surface area contributed by atoms with Crippen LogP contribution in [-0.2, 0) is 0 Å². The Morgan fingerprint density at radius 1 is 0.800 bits per heavy atom. The van der Waals surface area contributed by atoms with Crippen LogP contribution in [0.3, 0.4) is 0 Å². The lowest BCUT2D eigenvalue weighted by molar-refractivity contribution is 0.102. The Morgan fingerprint density at radius 3 is 2.04 bits per heavy atom. The van der Waals surface area contributed by atoms with Crippen LogP contribution in [0.5, 0.6) is 0 Å². The molecule has 5 heteroatoms. The van der Waals surface area contributed by atoms with Crippen molar-refractivity contribution in [1.29, 1.82) is 0 Å². The Kier molecular flexibility index (Phi) is 4.95. The molecule has 0 spiro atoms. The highest BCUT2D eigenvalue weighted by Gasteiger charge is 2.10. The van der Waals surface area contributed by atoms with Crippen LogP contribution < -0.4 is 10.6 Å². The Labute approximate surface area is 150 Å². The number of hydrogen-bond acceptors (Lipinski definition) is 3. The molecule has 1 aromatic heterocycles. The van der Waals surface area contributed by atoms with Gasteiger partial charge in [-0.1, -0.05) is 29.3 Å². The fourth-order valence-corrected chi connectivity index (χ4v) is 3.20. The van der Waals surface area contributed by atoms with Gasteiger partial charge in [-0.15, -0.1) is 11.3 Å². The number of thiophene rings is 1. The molecule has 0 radical (unpaired) electrons. The molecule has 0 unspecified atom stereocenters. The molecule has 3 rings (SSSR count). The van der Waals surface area contributed by atoms with E-state index >= 15 is 0 Å². The Bertz CT molecular complexity index is 897. The van der Waals surface area contributed by atoms with Gasteiger partial charge in [-0.25, -0.2) is 0 Å². The molecule has 0 atom stereocenters. The molecule has 1 heterocycles. The van der Waals surface area contributed by atoms with Crippen LogP contribution in [0.2, 0.25) is 0 Å². The first kappa shape index (κ1) is 16.9. The van der Waals surface area contributed by atoms with Gasteiger partial charge in [0.1, 0.15) is 0 Å². The van der Waals surface area contributed by atoms with Gasteiger partial charge in [0.05, 0.1) is 4.88 Å². The number of benzene rings is 2. The van der Waals surface area contributed by atoms with Crippen LogP contribution in [-0.4, -0.2) is 11.8 Å². The van der Waals surface area contributed by atoms with E-state index in [1.54, 1.807) is 30.3 Å². The summed E-state index contributed by atoms with van der Waals surface area (Å²) >= 11 is 1.38. The van der Waals surface area contributed by atoms with Crippen molar-refractivity contribution >= 4 is 34.5 Å². The van der Waals surface area contributed by atoms with Crippen LogP contribution in [0.25, 0.3) is 0 Å². The Balaban J connectivity index is 1.73. The van der Waals surface area contributed by atoms with Gasteiger partial charge in [0, 0.05) is 16.9 Å². The van der Waals surface area contributed by atoms with Crippen molar-refractivity contribution in [3.05, 3.63) is 81.5 Å². The summed E-state index contributed by atoms with van der Waals surface area (Å²) in [5.74, 6) is -0.332. The first-order valence-electron chi connectivity index (χ1n) is 7.86. The quantitative estimate of drug-likeness (QED) is 0.705. The molecule has 0 bridgehead atoms. The van der Waals surface area contributed by atoms with Crippen LogP contribution in [0, 0.1) is 13.8 Å². The third-order valence-electron chi connectivity index (χ3n) is 3.61. The van der Waals surface area contributed by atoms with E-state index in [2.05, 4.69) is 10.6 Å². The van der Waals surface area contributed by atoms with Crippen molar-refractivity contribution in [2.45, 2.75) is 13.8 Å². The van der Waals surface area contributed by atoms with E-state index in [0.29, 0.717) is 21.8 Å². The molecule has 2 amide bonds. The molecule has 0 fully saturated rings. The average Bonchev–Trinajstić information content (AvgIpc) is 3.09. The van der Waals surface area contributed by atoms with E-state index in [-0.39, 0.29) is 11.8 Å². The fourth-order valence-electron chi connectivity index (χ4n) is 2.58. The number of aryl methyl sites for hydroxylation is 2.